The van der Waals surface area contributed by atoms with Crippen LogP contribution in [0.15, 0.2) is 23.5 Å². The Morgan fingerprint density at radius 3 is 2.33 bits per heavy atom. The van der Waals surface area contributed by atoms with Gasteiger partial charge in [0.2, 0.25) is 11.6 Å². The van der Waals surface area contributed by atoms with Gasteiger partial charge in [-0.15, -0.1) is 0 Å². The van der Waals surface area contributed by atoms with Crippen LogP contribution in [0.25, 0.3) is 10.8 Å². The van der Waals surface area contributed by atoms with Crippen molar-refractivity contribution in [2.75, 3.05) is 14.1 Å². The Morgan fingerprint density at radius 1 is 1.18 bits per heavy atom. The maximum Gasteiger partial charge on any atom is 0.256 e. The van der Waals surface area contributed by atoms with Gasteiger partial charge >= 0.3 is 0 Å². The lowest BCUT2D eigenvalue weighted by molar-refractivity contribution is -0.880. The predicted molar refractivity (Wildman–Crippen MR) is 114 cm³/mol. The monoisotopic (exact) mass is 496 g/mol. The number of primary amides is 1. The van der Waals surface area contributed by atoms with E-state index < -0.39 is 52.1 Å². The molecule has 0 unspecified atom stereocenters. The van der Waals surface area contributed by atoms with E-state index in [1.54, 1.807) is 21.0 Å². The molecule has 11 heteroatoms. The number of Topliss-reactive ketones (excluding diaryl/α,β-unsaturated/α-hetero) is 2. The number of fused-ring (bicyclic) bond motifs is 3. The number of carbonyl (C=O) groups excluding carboxylic acids is 3. The highest BCUT2D eigenvalue weighted by Crippen LogP contribution is 2.50. The number of likely N-dealkylation sites (N-methyl/N-ethyl adjacent to an activating group) is 1. The highest BCUT2D eigenvalue weighted by Gasteiger charge is 2.64. The summed E-state index contributed by atoms with van der Waals surface area (Å²) in [6, 6.07) is 1.63. The van der Waals surface area contributed by atoms with Crippen molar-refractivity contribution < 1.29 is 52.1 Å². The second-order valence-corrected chi connectivity index (χ2v) is 8.96. The van der Waals surface area contributed by atoms with Crippen molar-refractivity contribution in [3.8, 4) is 11.5 Å². The number of benzene rings is 2. The van der Waals surface area contributed by atoms with Gasteiger partial charge in [-0.3, -0.25) is 14.4 Å². The number of nitrogens with one attached hydrogen (secondary N) is 1. The van der Waals surface area contributed by atoms with Gasteiger partial charge in [0.25, 0.3) is 5.91 Å². The Kier molecular flexibility index (Phi) is 5.92. The minimum absolute atomic E-state index is 0. The number of carbonyl (C=O) groups is 3. The lowest BCUT2D eigenvalue weighted by Crippen LogP contribution is -3.13. The fourth-order valence-electron chi connectivity index (χ4n) is 5.20. The zero-order valence-corrected chi connectivity index (χ0v) is 19.4. The number of aromatic hydroxyl groups is 2. The molecule has 176 valence electrons. The summed E-state index contributed by atoms with van der Waals surface area (Å²) in [6.45, 7) is 1.65. The van der Waals surface area contributed by atoms with Crippen molar-refractivity contribution in [2.45, 2.75) is 25.0 Å². The SMILES string of the molecule is Cc1c2c(c(O)c3c(O)ccc(Cl)c13)C(=O)[C@]1(O)C(O)=C(C(N)=O)C(=O)[C@@H]([NH+](C)C)[C@@H]1C2.[Cl-]. The number of hydrogen-bond donors (Lipinski definition) is 6. The summed E-state index contributed by atoms with van der Waals surface area (Å²) in [5, 5.41) is 44.1. The van der Waals surface area contributed by atoms with Crippen LogP contribution in [0, 0.1) is 12.8 Å². The van der Waals surface area contributed by atoms with Crippen LogP contribution >= 0.6 is 11.6 Å². The van der Waals surface area contributed by atoms with Crippen molar-refractivity contribution in [1.29, 1.82) is 0 Å². The van der Waals surface area contributed by atoms with E-state index in [1.807, 2.05) is 0 Å². The van der Waals surface area contributed by atoms with Crippen molar-refractivity contribution in [1.82, 2.24) is 0 Å². The van der Waals surface area contributed by atoms with E-state index in [0.717, 1.165) is 0 Å². The van der Waals surface area contributed by atoms with Gasteiger partial charge in [0, 0.05) is 10.4 Å². The van der Waals surface area contributed by atoms with Gasteiger partial charge in [-0.05, 0) is 36.6 Å². The molecule has 7 N–H and O–H groups in total. The minimum atomic E-state index is -2.67. The second-order valence-electron chi connectivity index (χ2n) is 8.56. The van der Waals surface area contributed by atoms with Crippen molar-refractivity contribution in [3.63, 3.8) is 0 Å². The molecule has 0 saturated heterocycles. The quantitative estimate of drug-likeness (QED) is 0.237. The average molecular weight is 497 g/mol. The Morgan fingerprint density at radius 2 is 1.79 bits per heavy atom. The third kappa shape index (κ3) is 3.03. The van der Waals surface area contributed by atoms with E-state index in [4.69, 9.17) is 17.3 Å². The summed E-state index contributed by atoms with van der Waals surface area (Å²) < 4.78 is 0. The number of ketones is 2. The summed E-state index contributed by atoms with van der Waals surface area (Å²) in [6.07, 6.45) is -0.0867. The Balaban J connectivity index is 0.00000306. The number of quaternary nitrogens is 1. The molecular formula is C22H22Cl2N2O7. The molecule has 2 aromatic carbocycles. The number of halogens is 2. The largest absolute Gasteiger partial charge is 1.00 e. The summed E-state index contributed by atoms with van der Waals surface area (Å²) in [4.78, 5) is 39.1. The van der Waals surface area contributed by atoms with Gasteiger partial charge in [0.15, 0.2) is 11.6 Å². The van der Waals surface area contributed by atoms with Crippen LogP contribution in [0.2, 0.25) is 5.02 Å². The maximum absolute atomic E-state index is 13.6. The lowest BCUT2D eigenvalue weighted by atomic mass is 9.61. The molecule has 33 heavy (non-hydrogen) atoms. The number of nitrogens with two attached hydrogens (primary N) is 1. The number of phenolic OH excluding ortho intramolecular Hbond substituents is 2. The first-order chi connectivity index (χ1) is 14.8. The third-order valence-electron chi connectivity index (χ3n) is 6.67. The van der Waals surface area contributed by atoms with E-state index in [1.165, 1.54) is 12.1 Å². The van der Waals surface area contributed by atoms with Crippen LogP contribution in [0.5, 0.6) is 11.5 Å². The van der Waals surface area contributed by atoms with Crippen molar-refractivity contribution in [3.05, 3.63) is 45.2 Å². The zero-order valence-electron chi connectivity index (χ0n) is 17.9. The first-order valence-electron chi connectivity index (χ1n) is 9.86. The third-order valence-corrected chi connectivity index (χ3v) is 6.98. The van der Waals surface area contributed by atoms with Gasteiger partial charge in [-0.1, -0.05) is 11.6 Å². The molecule has 9 nitrogen and oxygen atoms in total. The highest BCUT2D eigenvalue weighted by molar-refractivity contribution is 6.37. The van der Waals surface area contributed by atoms with Gasteiger partial charge in [-0.25, -0.2) is 0 Å². The normalized spacial score (nSPS) is 24.5. The highest BCUT2D eigenvalue weighted by atomic mass is 35.5. The molecule has 0 radical (unpaired) electrons. The van der Waals surface area contributed by atoms with Gasteiger partial charge in [0.1, 0.15) is 22.8 Å². The van der Waals surface area contributed by atoms with E-state index >= 15 is 0 Å². The summed E-state index contributed by atoms with van der Waals surface area (Å²) in [5.74, 6) is -6.36. The molecule has 0 fully saturated rings. The Bertz CT molecular complexity index is 1290. The molecule has 3 atom stereocenters. The zero-order chi connectivity index (χ0) is 23.9. The maximum atomic E-state index is 13.6. The number of aliphatic hydroxyl groups is 2. The van der Waals surface area contributed by atoms with Crippen LogP contribution in [0.4, 0.5) is 0 Å². The van der Waals surface area contributed by atoms with E-state index in [-0.39, 0.29) is 40.5 Å². The van der Waals surface area contributed by atoms with Crippen LogP contribution in [0.3, 0.4) is 0 Å². The number of amides is 1. The molecular weight excluding hydrogens is 475 g/mol. The topological polar surface area (TPSA) is 163 Å². The molecule has 1 amide bonds. The van der Waals surface area contributed by atoms with Crippen LogP contribution in [-0.2, 0) is 16.0 Å². The van der Waals surface area contributed by atoms with Crippen LogP contribution < -0.4 is 23.0 Å². The Labute approximate surface area is 199 Å². The second kappa shape index (κ2) is 7.88. The molecule has 4 rings (SSSR count). The number of hydrogen-bond acceptors (Lipinski definition) is 7. The molecule has 2 aliphatic rings. The standard InChI is InChI=1S/C22H21ClN2O7.ClH/c1-7-8-6-9-16(25(2)3)18(28)15(21(24)31)20(30)22(9,32)19(29)13(8)17(27)14-11(26)5-4-10(23)12(7)14;/h4-5,9,16,26-27,30,32H,6H2,1-3H3,(H2,24,31);1H/t9-,16-,22-;/m0./s1. The van der Waals surface area contributed by atoms with Gasteiger partial charge in [0.05, 0.1) is 31.0 Å². The van der Waals surface area contributed by atoms with Gasteiger partial charge < -0.3 is 43.5 Å². The van der Waals surface area contributed by atoms with Crippen LogP contribution in [0.1, 0.15) is 21.5 Å². The fraction of sp³-hybridized carbons (Fsp3) is 0.318. The fourth-order valence-corrected chi connectivity index (χ4v) is 5.49. The number of rotatable bonds is 2. The van der Waals surface area contributed by atoms with E-state index in [0.29, 0.717) is 21.4 Å². The van der Waals surface area contributed by atoms with Crippen molar-refractivity contribution >= 4 is 39.8 Å². The predicted octanol–water partition coefficient (Wildman–Crippen LogP) is -3.30. The number of aryl methyl sites for hydroxylation is 1. The number of phenols is 2. The molecule has 0 heterocycles. The Hall–Kier alpha value is -2.85. The van der Waals surface area contributed by atoms with E-state index in [2.05, 4.69) is 0 Å². The molecule has 0 spiro atoms. The summed E-state index contributed by atoms with van der Waals surface area (Å²) in [7, 11) is 3.23. The first kappa shape index (κ1) is 24.8. The minimum Gasteiger partial charge on any atom is -1.00 e. The summed E-state index contributed by atoms with van der Waals surface area (Å²) in [5.41, 5.74) is 2.28. The molecule has 0 aromatic heterocycles. The molecule has 2 aromatic rings. The molecule has 0 saturated carbocycles. The molecule has 0 aliphatic heterocycles. The van der Waals surface area contributed by atoms with Gasteiger partial charge in [-0.2, -0.15) is 0 Å². The average Bonchev–Trinajstić information content (AvgIpc) is 2.69. The van der Waals surface area contributed by atoms with E-state index in [9.17, 15) is 34.8 Å². The van der Waals surface area contributed by atoms with Crippen molar-refractivity contribution in [2.24, 2.45) is 11.7 Å². The number of aliphatic hydroxyl groups excluding tert-OH is 1. The summed E-state index contributed by atoms with van der Waals surface area (Å²) >= 11 is 6.32. The smallest absolute Gasteiger partial charge is 0.256 e. The van der Waals surface area contributed by atoms with Crippen LogP contribution in [-0.4, -0.2) is 63.6 Å². The lowest BCUT2D eigenvalue weighted by Gasteiger charge is -2.45. The molecule has 0 bridgehead atoms. The molecule has 2 aliphatic carbocycles. The first-order valence-corrected chi connectivity index (χ1v) is 10.2.